The highest BCUT2D eigenvalue weighted by Crippen LogP contribution is 2.21. The molecule has 112 valence electrons. The fourth-order valence-corrected chi connectivity index (χ4v) is 2.43. The van der Waals surface area contributed by atoms with Crippen molar-refractivity contribution in [2.75, 3.05) is 20.1 Å². The van der Waals surface area contributed by atoms with Crippen LogP contribution in [0.3, 0.4) is 0 Å². The number of carbonyl (C=O) groups excluding carboxylic acids is 1. The largest absolute Gasteiger partial charge is 0.332 e. The summed E-state index contributed by atoms with van der Waals surface area (Å²) in [6.07, 6.45) is 0. The van der Waals surface area contributed by atoms with Crippen LogP contribution < -0.4 is 5.32 Å². The number of aromatic nitrogens is 3. The second kappa shape index (κ2) is 6.69. The molecule has 2 heterocycles. The Morgan fingerprint density at radius 3 is 2.71 bits per heavy atom. The highest BCUT2D eigenvalue weighted by Gasteiger charge is 2.24. The Kier molecular flexibility index (Phi) is 4.93. The van der Waals surface area contributed by atoms with E-state index in [0.717, 1.165) is 23.8 Å². The highest BCUT2D eigenvalue weighted by molar-refractivity contribution is 5.85. The fraction of sp³-hybridized carbons (Fsp3) is 0.357. The summed E-state index contributed by atoms with van der Waals surface area (Å²) in [6, 6.07) is 10.0. The summed E-state index contributed by atoms with van der Waals surface area (Å²) >= 11 is 0. The molecule has 1 N–H and O–H groups in total. The van der Waals surface area contributed by atoms with Crippen molar-refractivity contribution in [1.82, 2.24) is 25.0 Å². The molecule has 0 bridgehead atoms. The molecule has 1 amide bonds. The van der Waals surface area contributed by atoms with E-state index in [0.29, 0.717) is 19.6 Å². The van der Waals surface area contributed by atoms with Crippen LogP contribution in [0.15, 0.2) is 30.3 Å². The first-order valence-corrected chi connectivity index (χ1v) is 6.69. The maximum Gasteiger partial charge on any atom is 0.236 e. The minimum Gasteiger partial charge on any atom is -0.332 e. The zero-order valence-electron chi connectivity index (χ0n) is 11.8. The molecule has 0 atom stereocenters. The molecule has 0 radical (unpaired) electrons. The molecule has 0 spiro atoms. The van der Waals surface area contributed by atoms with Gasteiger partial charge in [0.15, 0.2) is 11.6 Å². The van der Waals surface area contributed by atoms with Gasteiger partial charge in [-0.25, -0.2) is 0 Å². The van der Waals surface area contributed by atoms with Gasteiger partial charge in [0.1, 0.15) is 0 Å². The van der Waals surface area contributed by atoms with E-state index in [1.807, 2.05) is 35.2 Å². The van der Waals surface area contributed by atoms with Crippen molar-refractivity contribution >= 4 is 18.3 Å². The lowest BCUT2D eigenvalue weighted by atomic mass is 10.2. The van der Waals surface area contributed by atoms with Crippen LogP contribution in [0.2, 0.25) is 0 Å². The molecule has 2 aromatic rings. The number of likely N-dealkylation sites (N-methyl/N-ethyl adjacent to an activating group) is 1. The summed E-state index contributed by atoms with van der Waals surface area (Å²) < 4.78 is 2.10. The number of carbonyl (C=O) groups is 1. The predicted octanol–water partition coefficient (Wildman–Crippen LogP) is 0.928. The molecule has 1 aliphatic rings. The van der Waals surface area contributed by atoms with Gasteiger partial charge in [0.25, 0.3) is 0 Å². The van der Waals surface area contributed by atoms with E-state index in [2.05, 4.69) is 20.1 Å². The summed E-state index contributed by atoms with van der Waals surface area (Å²) in [7, 11) is 1.78. The van der Waals surface area contributed by atoms with Crippen molar-refractivity contribution in [1.29, 1.82) is 0 Å². The fourth-order valence-electron chi connectivity index (χ4n) is 2.43. The molecular formula is C14H18ClN5O. The molecule has 0 saturated heterocycles. The highest BCUT2D eigenvalue weighted by atomic mass is 35.5. The van der Waals surface area contributed by atoms with Crippen LogP contribution in [-0.2, 0) is 17.9 Å². The lowest BCUT2D eigenvalue weighted by molar-refractivity contribution is -0.131. The summed E-state index contributed by atoms with van der Waals surface area (Å²) in [4.78, 5) is 13.7. The average Bonchev–Trinajstić information content (AvgIpc) is 2.91. The monoisotopic (exact) mass is 307 g/mol. The van der Waals surface area contributed by atoms with Crippen LogP contribution in [0.4, 0.5) is 0 Å². The number of hydrogen-bond donors (Lipinski definition) is 1. The Hall–Kier alpha value is -1.92. The van der Waals surface area contributed by atoms with Crippen molar-refractivity contribution in [3.8, 4) is 11.4 Å². The lowest BCUT2D eigenvalue weighted by Crippen LogP contribution is -2.42. The van der Waals surface area contributed by atoms with Gasteiger partial charge in [-0.3, -0.25) is 4.79 Å². The van der Waals surface area contributed by atoms with Crippen molar-refractivity contribution in [3.05, 3.63) is 36.2 Å². The van der Waals surface area contributed by atoms with Gasteiger partial charge in [0, 0.05) is 18.7 Å². The third kappa shape index (κ3) is 3.06. The van der Waals surface area contributed by atoms with E-state index in [4.69, 9.17) is 0 Å². The number of fused-ring (bicyclic) bond motifs is 1. The van der Waals surface area contributed by atoms with Gasteiger partial charge < -0.3 is 14.8 Å². The van der Waals surface area contributed by atoms with Crippen LogP contribution >= 0.6 is 12.4 Å². The van der Waals surface area contributed by atoms with Crippen LogP contribution in [0.1, 0.15) is 5.82 Å². The van der Waals surface area contributed by atoms with E-state index >= 15 is 0 Å². The Morgan fingerprint density at radius 2 is 2.00 bits per heavy atom. The first-order valence-electron chi connectivity index (χ1n) is 6.69. The SMILES string of the molecule is CNCC(=O)N1CCn2c(nnc2-c2ccccc2)C1.Cl. The zero-order valence-corrected chi connectivity index (χ0v) is 12.6. The standard InChI is InChI=1S/C14H17N5O.ClH/c1-15-9-13(20)18-7-8-19-12(10-18)16-17-14(19)11-5-3-2-4-6-11;/h2-6,15H,7-10H2,1H3;1H. The lowest BCUT2D eigenvalue weighted by Gasteiger charge is -2.27. The quantitative estimate of drug-likeness (QED) is 0.916. The average molecular weight is 308 g/mol. The molecule has 1 aromatic heterocycles. The molecule has 1 aliphatic heterocycles. The van der Waals surface area contributed by atoms with Crippen molar-refractivity contribution < 1.29 is 4.79 Å². The summed E-state index contributed by atoms with van der Waals surface area (Å²) in [5, 5.41) is 11.4. The maximum absolute atomic E-state index is 11.9. The maximum atomic E-state index is 11.9. The Morgan fingerprint density at radius 1 is 1.24 bits per heavy atom. The van der Waals surface area contributed by atoms with Crippen LogP contribution in [0.5, 0.6) is 0 Å². The molecular weight excluding hydrogens is 290 g/mol. The molecule has 0 aliphatic carbocycles. The number of benzene rings is 1. The summed E-state index contributed by atoms with van der Waals surface area (Å²) in [6.45, 7) is 2.33. The van der Waals surface area contributed by atoms with E-state index in [-0.39, 0.29) is 18.3 Å². The molecule has 0 saturated carbocycles. The normalized spacial score (nSPS) is 13.5. The summed E-state index contributed by atoms with van der Waals surface area (Å²) in [5.74, 6) is 1.82. The van der Waals surface area contributed by atoms with Crippen LogP contribution in [-0.4, -0.2) is 45.7 Å². The smallest absolute Gasteiger partial charge is 0.236 e. The molecule has 7 heteroatoms. The van der Waals surface area contributed by atoms with Crippen molar-refractivity contribution in [3.63, 3.8) is 0 Å². The molecule has 3 rings (SSSR count). The van der Waals surface area contributed by atoms with Gasteiger partial charge in [-0.15, -0.1) is 22.6 Å². The van der Waals surface area contributed by atoms with E-state index < -0.39 is 0 Å². The molecule has 6 nitrogen and oxygen atoms in total. The third-order valence-electron chi connectivity index (χ3n) is 3.47. The number of rotatable bonds is 3. The Bertz CT molecular complexity index is 613. The molecule has 21 heavy (non-hydrogen) atoms. The molecule has 1 aromatic carbocycles. The number of hydrogen-bond acceptors (Lipinski definition) is 4. The number of amides is 1. The summed E-state index contributed by atoms with van der Waals surface area (Å²) in [5.41, 5.74) is 1.06. The van der Waals surface area contributed by atoms with E-state index in [1.165, 1.54) is 0 Å². The first-order chi connectivity index (χ1) is 9.79. The van der Waals surface area contributed by atoms with Gasteiger partial charge in [0.2, 0.25) is 5.91 Å². The number of nitrogens with zero attached hydrogens (tertiary/aromatic N) is 4. The van der Waals surface area contributed by atoms with Gasteiger partial charge in [0.05, 0.1) is 13.1 Å². The van der Waals surface area contributed by atoms with Gasteiger partial charge in [-0.05, 0) is 7.05 Å². The second-order valence-electron chi connectivity index (χ2n) is 4.80. The van der Waals surface area contributed by atoms with Gasteiger partial charge in [-0.2, -0.15) is 0 Å². The zero-order chi connectivity index (χ0) is 13.9. The number of nitrogens with one attached hydrogen (secondary N) is 1. The molecule has 0 fully saturated rings. The van der Waals surface area contributed by atoms with Gasteiger partial charge >= 0.3 is 0 Å². The van der Waals surface area contributed by atoms with Gasteiger partial charge in [-0.1, -0.05) is 30.3 Å². The van der Waals surface area contributed by atoms with E-state index in [1.54, 1.807) is 7.05 Å². The minimum absolute atomic E-state index is 0. The van der Waals surface area contributed by atoms with E-state index in [9.17, 15) is 4.79 Å². The number of halogens is 1. The molecule has 0 unspecified atom stereocenters. The Balaban J connectivity index is 0.00000161. The predicted molar refractivity (Wildman–Crippen MR) is 82.0 cm³/mol. The Labute approximate surface area is 129 Å². The minimum atomic E-state index is 0. The van der Waals surface area contributed by atoms with Crippen LogP contribution in [0.25, 0.3) is 11.4 Å². The van der Waals surface area contributed by atoms with Crippen molar-refractivity contribution in [2.24, 2.45) is 0 Å². The third-order valence-corrected chi connectivity index (χ3v) is 3.47. The van der Waals surface area contributed by atoms with Crippen LogP contribution in [0, 0.1) is 0 Å². The second-order valence-corrected chi connectivity index (χ2v) is 4.80. The first kappa shape index (κ1) is 15.5. The topological polar surface area (TPSA) is 63.1 Å². The van der Waals surface area contributed by atoms with Crippen molar-refractivity contribution in [2.45, 2.75) is 13.1 Å².